The predicted octanol–water partition coefficient (Wildman–Crippen LogP) is 0.358. The fraction of sp³-hybridized carbons (Fsp3) is 0.615. The number of hydrogen-bond acceptors (Lipinski definition) is 5. The van der Waals surface area contributed by atoms with E-state index in [0.29, 0.717) is 38.4 Å². The van der Waals surface area contributed by atoms with E-state index in [1.165, 1.54) is 8.61 Å². The van der Waals surface area contributed by atoms with Crippen molar-refractivity contribution in [2.24, 2.45) is 0 Å². The van der Waals surface area contributed by atoms with E-state index in [9.17, 15) is 8.42 Å². The lowest BCUT2D eigenvalue weighted by atomic mass is 10.3. The van der Waals surface area contributed by atoms with E-state index < -0.39 is 10.2 Å². The van der Waals surface area contributed by atoms with E-state index >= 15 is 0 Å². The molecule has 0 N–H and O–H groups in total. The highest BCUT2D eigenvalue weighted by atomic mass is 32.2. The summed E-state index contributed by atoms with van der Waals surface area (Å²) in [4.78, 5) is 3.98. The third kappa shape index (κ3) is 4.13. The quantitative estimate of drug-likeness (QED) is 0.726. The molecule has 118 valence electrons. The molecule has 1 aromatic heterocycles. The van der Waals surface area contributed by atoms with Crippen LogP contribution in [0.3, 0.4) is 0 Å². The Balaban J connectivity index is 1.92. The molecule has 8 heteroatoms. The fourth-order valence-electron chi connectivity index (χ4n) is 2.15. The van der Waals surface area contributed by atoms with Gasteiger partial charge in [-0.3, -0.25) is 4.98 Å². The molecule has 1 fully saturated rings. The summed E-state index contributed by atoms with van der Waals surface area (Å²) in [5.74, 6) is 0.662. The molecule has 2 heterocycles. The zero-order chi connectivity index (χ0) is 15.3. The largest absolute Gasteiger partial charge is 0.487 e. The lowest BCUT2D eigenvalue weighted by Crippen LogP contribution is -2.42. The number of pyridine rings is 1. The SMILES string of the molecule is COCCN(C)S(=O)(=O)N1CCC(Oc2cccnc2)C1. The third-order valence-electron chi connectivity index (χ3n) is 3.38. The van der Waals surface area contributed by atoms with Crippen molar-refractivity contribution in [2.75, 3.05) is 40.4 Å². The molecule has 1 unspecified atom stereocenters. The molecule has 1 aliphatic heterocycles. The van der Waals surface area contributed by atoms with Crippen LogP contribution in [-0.4, -0.2) is 68.5 Å². The van der Waals surface area contributed by atoms with Crippen LogP contribution in [0.5, 0.6) is 5.75 Å². The first-order valence-electron chi connectivity index (χ1n) is 6.81. The summed E-state index contributed by atoms with van der Waals surface area (Å²) in [5.41, 5.74) is 0. The first-order chi connectivity index (χ1) is 10.0. The minimum atomic E-state index is -3.45. The minimum absolute atomic E-state index is 0.139. The van der Waals surface area contributed by atoms with Gasteiger partial charge in [-0.1, -0.05) is 0 Å². The Labute approximate surface area is 125 Å². The molecule has 0 saturated carbocycles. The van der Waals surface area contributed by atoms with E-state index in [0.717, 1.165) is 0 Å². The van der Waals surface area contributed by atoms with E-state index in [-0.39, 0.29) is 6.10 Å². The zero-order valence-corrected chi connectivity index (χ0v) is 13.1. The second kappa shape index (κ2) is 7.17. The zero-order valence-electron chi connectivity index (χ0n) is 12.3. The van der Waals surface area contributed by atoms with Crippen LogP contribution in [0.25, 0.3) is 0 Å². The van der Waals surface area contributed by atoms with Gasteiger partial charge in [0.15, 0.2) is 0 Å². The number of ether oxygens (including phenoxy) is 2. The van der Waals surface area contributed by atoms with Crippen LogP contribution in [-0.2, 0) is 14.9 Å². The summed E-state index contributed by atoms with van der Waals surface area (Å²) >= 11 is 0. The molecular weight excluding hydrogens is 294 g/mol. The molecule has 0 amide bonds. The van der Waals surface area contributed by atoms with Crippen LogP contribution < -0.4 is 4.74 Å². The van der Waals surface area contributed by atoms with Gasteiger partial charge in [-0.05, 0) is 18.6 Å². The second-order valence-electron chi connectivity index (χ2n) is 4.90. The molecule has 7 nitrogen and oxygen atoms in total. The summed E-state index contributed by atoms with van der Waals surface area (Å²) in [6.07, 6.45) is 3.83. The highest BCUT2D eigenvalue weighted by Gasteiger charge is 2.34. The van der Waals surface area contributed by atoms with Crippen molar-refractivity contribution in [1.82, 2.24) is 13.6 Å². The van der Waals surface area contributed by atoms with Gasteiger partial charge in [-0.15, -0.1) is 0 Å². The van der Waals surface area contributed by atoms with Gasteiger partial charge in [0, 0.05) is 33.4 Å². The molecule has 1 saturated heterocycles. The van der Waals surface area contributed by atoms with Gasteiger partial charge >= 0.3 is 0 Å². The summed E-state index contributed by atoms with van der Waals surface area (Å²) in [7, 11) is -0.336. The first kappa shape index (κ1) is 16.2. The van der Waals surface area contributed by atoms with Crippen LogP contribution >= 0.6 is 0 Å². The Morgan fingerprint density at radius 2 is 2.33 bits per heavy atom. The van der Waals surface area contributed by atoms with Crippen molar-refractivity contribution in [2.45, 2.75) is 12.5 Å². The van der Waals surface area contributed by atoms with Crippen LogP contribution in [0.15, 0.2) is 24.5 Å². The maximum Gasteiger partial charge on any atom is 0.281 e. The molecule has 1 aromatic rings. The molecule has 21 heavy (non-hydrogen) atoms. The fourth-order valence-corrected chi connectivity index (χ4v) is 3.54. The van der Waals surface area contributed by atoms with Crippen molar-refractivity contribution >= 4 is 10.2 Å². The Kier molecular flexibility index (Phi) is 5.51. The first-order valence-corrected chi connectivity index (χ1v) is 8.21. The Hall–Kier alpha value is -1.22. The third-order valence-corrected chi connectivity index (χ3v) is 5.33. The predicted molar refractivity (Wildman–Crippen MR) is 78.3 cm³/mol. The van der Waals surface area contributed by atoms with E-state index in [1.54, 1.807) is 32.6 Å². The van der Waals surface area contributed by atoms with Gasteiger partial charge in [-0.2, -0.15) is 17.0 Å². The number of nitrogens with zero attached hydrogens (tertiary/aromatic N) is 3. The van der Waals surface area contributed by atoms with Gasteiger partial charge in [-0.25, -0.2) is 0 Å². The van der Waals surface area contributed by atoms with Crippen LogP contribution in [0, 0.1) is 0 Å². The van der Waals surface area contributed by atoms with Crippen molar-refractivity contribution in [3.63, 3.8) is 0 Å². The van der Waals surface area contributed by atoms with E-state index in [1.807, 2.05) is 6.07 Å². The van der Waals surface area contributed by atoms with Gasteiger partial charge in [0.25, 0.3) is 10.2 Å². The van der Waals surface area contributed by atoms with Crippen molar-refractivity contribution in [3.8, 4) is 5.75 Å². The molecule has 0 aliphatic carbocycles. The molecule has 1 aliphatic rings. The lowest BCUT2D eigenvalue weighted by molar-refractivity contribution is 0.182. The summed E-state index contributed by atoms with van der Waals surface area (Å²) in [6.45, 7) is 1.53. The average Bonchev–Trinajstić information content (AvgIpc) is 2.95. The molecule has 0 spiro atoms. The van der Waals surface area contributed by atoms with Gasteiger partial charge in [0.1, 0.15) is 11.9 Å². The molecule has 2 rings (SSSR count). The number of rotatable bonds is 7. The highest BCUT2D eigenvalue weighted by molar-refractivity contribution is 7.86. The van der Waals surface area contributed by atoms with Crippen LogP contribution in [0.2, 0.25) is 0 Å². The molecular formula is C13H21N3O4S. The maximum absolute atomic E-state index is 12.4. The molecule has 0 radical (unpaired) electrons. The van der Waals surface area contributed by atoms with Crippen molar-refractivity contribution in [3.05, 3.63) is 24.5 Å². The summed E-state index contributed by atoms with van der Waals surface area (Å²) in [6, 6.07) is 3.60. The smallest absolute Gasteiger partial charge is 0.281 e. The van der Waals surface area contributed by atoms with E-state index in [4.69, 9.17) is 9.47 Å². The minimum Gasteiger partial charge on any atom is -0.487 e. The number of methoxy groups -OCH3 is 1. The monoisotopic (exact) mass is 315 g/mol. The standard InChI is InChI=1S/C13H21N3O4S/c1-15(8-9-19-2)21(17,18)16-7-5-13(11-16)20-12-4-3-6-14-10-12/h3-4,6,10,13H,5,7-9,11H2,1-2H3. The number of hydrogen-bond donors (Lipinski definition) is 0. The van der Waals surface area contributed by atoms with Gasteiger partial charge < -0.3 is 9.47 Å². The summed E-state index contributed by atoms with van der Waals surface area (Å²) < 4.78 is 38.2. The molecule has 1 atom stereocenters. The Morgan fingerprint density at radius 1 is 1.52 bits per heavy atom. The number of likely N-dealkylation sites (N-methyl/N-ethyl adjacent to an activating group) is 1. The topological polar surface area (TPSA) is 72.0 Å². The molecule has 0 bridgehead atoms. The van der Waals surface area contributed by atoms with Crippen molar-refractivity contribution < 1.29 is 17.9 Å². The number of aromatic nitrogens is 1. The second-order valence-corrected chi connectivity index (χ2v) is 6.93. The van der Waals surface area contributed by atoms with Gasteiger partial charge in [0.2, 0.25) is 0 Å². The highest BCUT2D eigenvalue weighted by Crippen LogP contribution is 2.20. The molecule has 0 aromatic carbocycles. The van der Waals surface area contributed by atoms with Crippen molar-refractivity contribution in [1.29, 1.82) is 0 Å². The Bertz CT molecular complexity index is 538. The lowest BCUT2D eigenvalue weighted by Gasteiger charge is -2.23. The van der Waals surface area contributed by atoms with Gasteiger partial charge in [0.05, 0.1) is 19.3 Å². The maximum atomic E-state index is 12.4. The van der Waals surface area contributed by atoms with E-state index in [2.05, 4.69) is 4.98 Å². The average molecular weight is 315 g/mol. The van der Waals surface area contributed by atoms with Crippen LogP contribution in [0.4, 0.5) is 0 Å². The Morgan fingerprint density at radius 3 is 3.00 bits per heavy atom. The van der Waals surface area contributed by atoms with Crippen LogP contribution in [0.1, 0.15) is 6.42 Å². The normalized spacial score (nSPS) is 20.0. The summed E-state index contributed by atoms with van der Waals surface area (Å²) in [5, 5.41) is 0.